The minimum absolute atomic E-state index is 0.202. The first kappa shape index (κ1) is 23.4. The summed E-state index contributed by atoms with van der Waals surface area (Å²) in [4.78, 5) is 32.9. The zero-order chi connectivity index (χ0) is 30.4. The molecule has 0 saturated carbocycles. The van der Waals surface area contributed by atoms with E-state index in [-0.39, 0.29) is 22.9 Å². The van der Waals surface area contributed by atoms with E-state index < -0.39 is 22.9 Å². The summed E-state index contributed by atoms with van der Waals surface area (Å²) in [5, 5.41) is 0.692. The zero-order valence-corrected chi connectivity index (χ0v) is 23.6. The molecule has 0 amide bonds. The number of nitrogens with zero attached hydrogens (tertiary/aromatic N) is 4. The van der Waals surface area contributed by atoms with Crippen molar-refractivity contribution < 1.29 is 12.2 Å². The van der Waals surface area contributed by atoms with Gasteiger partial charge in [0.1, 0.15) is 22.4 Å². The van der Waals surface area contributed by atoms with Gasteiger partial charge < -0.3 is 14.5 Å². The molecule has 1 aromatic carbocycles. The first-order valence-corrected chi connectivity index (χ1v) is 13.1. The molecular weight excluding hydrogens is 502 g/mol. The molecule has 4 heterocycles. The second-order valence-electron chi connectivity index (χ2n) is 11.7. The van der Waals surface area contributed by atoms with E-state index in [4.69, 9.17) is 21.0 Å². The van der Waals surface area contributed by atoms with E-state index in [2.05, 4.69) is 19.8 Å². The number of aromatic amines is 1. The van der Waals surface area contributed by atoms with Crippen LogP contribution in [0.5, 0.6) is 11.6 Å². The quantitative estimate of drug-likeness (QED) is 0.298. The number of hydrogen-bond acceptors (Lipinski definition) is 6. The van der Waals surface area contributed by atoms with E-state index >= 15 is 0 Å². The molecule has 1 aliphatic heterocycles. The van der Waals surface area contributed by atoms with E-state index in [1.165, 1.54) is 0 Å². The van der Waals surface area contributed by atoms with Crippen LogP contribution in [-0.2, 0) is 16.6 Å². The molecular formula is C32H31N5O3. The van der Waals surface area contributed by atoms with Crippen LogP contribution in [0.2, 0.25) is 0 Å². The molecule has 2 atom stereocenters. The SMILES string of the molecule is [2H]C1([2H])c2cnccc2[C@]2(C)N=C(c3cc(Oc4ccc5cc(C)[nH]c(=O)c5n4)c(C)c([N+]#[C-])c3C)O[C@]12C(C)(C)C. The summed E-state index contributed by atoms with van der Waals surface area (Å²) in [6, 6.07) is 8.86. The summed E-state index contributed by atoms with van der Waals surface area (Å²) in [6.07, 6.45) is 1.29. The van der Waals surface area contributed by atoms with Crippen LogP contribution in [0.3, 0.4) is 0 Å². The summed E-state index contributed by atoms with van der Waals surface area (Å²) < 4.78 is 31.7. The van der Waals surface area contributed by atoms with Crippen molar-refractivity contribution in [3.63, 3.8) is 0 Å². The largest absolute Gasteiger partial charge is 0.467 e. The van der Waals surface area contributed by atoms with Gasteiger partial charge in [-0.25, -0.2) is 14.8 Å². The van der Waals surface area contributed by atoms with Gasteiger partial charge in [-0.3, -0.25) is 9.78 Å². The molecule has 1 N–H and O–H groups in total. The van der Waals surface area contributed by atoms with Gasteiger partial charge in [-0.1, -0.05) is 20.8 Å². The van der Waals surface area contributed by atoms with Crippen LogP contribution in [-0.4, -0.2) is 26.5 Å². The molecule has 202 valence electrons. The highest BCUT2D eigenvalue weighted by atomic mass is 16.5. The van der Waals surface area contributed by atoms with Gasteiger partial charge in [0, 0.05) is 49.6 Å². The van der Waals surface area contributed by atoms with Gasteiger partial charge in [-0.05, 0) is 74.2 Å². The minimum Gasteiger partial charge on any atom is -0.467 e. The topological polar surface area (TPSA) is 93.8 Å². The average Bonchev–Trinajstić information content (AvgIpc) is 3.33. The lowest BCUT2D eigenvalue weighted by atomic mass is 9.66. The van der Waals surface area contributed by atoms with Crippen molar-refractivity contribution in [3.05, 3.63) is 98.0 Å². The molecule has 0 spiro atoms. The molecule has 0 bridgehead atoms. The first-order valence-electron chi connectivity index (χ1n) is 14.1. The maximum atomic E-state index is 12.5. The minimum atomic E-state index is -1.92. The highest BCUT2D eigenvalue weighted by molar-refractivity contribution is 6.00. The maximum absolute atomic E-state index is 12.5. The number of fused-ring (bicyclic) bond motifs is 4. The Bertz CT molecular complexity index is 1950. The Morgan fingerprint density at radius 3 is 2.67 bits per heavy atom. The maximum Gasteiger partial charge on any atom is 0.274 e. The van der Waals surface area contributed by atoms with E-state index in [1.807, 2.05) is 53.7 Å². The normalized spacial score (nSPS) is 23.4. The third-order valence-electron chi connectivity index (χ3n) is 8.09. The number of hydrogen-bond donors (Lipinski definition) is 1. The monoisotopic (exact) mass is 535 g/mol. The molecule has 0 fully saturated rings. The lowest BCUT2D eigenvalue weighted by molar-refractivity contribution is -0.0673. The Kier molecular flexibility index (Phi) is 4.96. The molecule has 8 heteroatoms. The number of benzene rings is 1. The number of aryl methyl sites for hydroxylation is 1. The lowest BCUT2D eigenvalue weighted by Gasteiger charge is -2.45. The van der Waals surface area contributed by atoms with Crippen LogP contribution in [0.1, 0.15) is 63.9 Å². The zero-order valence-electron chi connectivity index (χ0n) is 25.6. The van der Waals surface area contributed by atoms with Gasteiger partial charge in [-0.15, -0.1) is 0 Å². The van der Waals surface area contributed by atoms with E-state index in [0.29, 0.717) is 39.1 Å². The summed E-state index contributed by atoms with van der Waals surface area (Å²) >= 11 is 0. The standard InChI is InChI=1S/C32H31N5O3/c1-17-13-20-9-10-25(36-27(20)28(38)35-17)39-24-14-22(18(2)26(33-8)19(24)3)29-37-31(7)23-11-12-34-16-21(23)15-32(31,40-29)30(4,5)6/h9-14,16H,15H2,1-7H3,(H,35,38)/t31-,32-/m0/s1/i15D2. The van der Waals surface area contributed by atoms with Crippen molar-refractivity contribution in [1.29, 1.82) is 0 Å². The van der Waals surface area contributed by atoms with Gasteiger partial charge >= 0.3 is 0 Å². The van der Waals surface area contributed by atoms with E-state index in [9.17, 15) is 7.54 Å². The highest BCUT2D eigenvalue weighted by Gasteiger charge is 2.66. The fraction of sp³-hybridized carbons (Fsp3) is 0.344. The molecule has 0 unspecified atom stereocenters. The Morgan fingerprint density at radius 2 is 1.95 bits per heavy atom. The summed E-state index contributed by atoms with van der Waals surface area (Å²) in [7, 11) is 0. The number of aromatic nitrogens is 3. The number of aliphatic imine (C=N–C) groups is 1. The number of H-pyrrole nitrogens is 1. The summed E-state index contributed by atoms with van der Waals surface area (Å²) in [6.45, 7) is 21.1. The van der Waals surface area contributed by atoms with Crippen LogP contribution >= 0.6 is 0 Å². The molecule has 6 rings (SSSR count). The Labute approximate surface area is 235 Å². The second-order valence-corrected chi connectivity index (χ2v) is 11.7. The third kappa shape index (κ3) is 3.50. The molecule has 1 aliphatic carbocycles. The molecule has 8 nitrogen and oxygen atoms in total. The van der Waals surface area contributed by atoms with Crippen LogP contribution in [0.4, 0.5) is 5.69 Å². The van der Waals surface area contributed by atoms with Crippen molar-refractivity contribution >= 4 is 22.5 Å². The van der Waals surface area contributed by atoms with Gasteiger partial charge in [0.15, 0.2) is 5.69 Å². The van der Waals surface area contributed by atoms with Gasteiger partial charge in [-0.2, -0.15) is 0 Å². The van der Waals surface area contributed by atoms with E-state index in [1.54, 1.807) is 37.5 Å². The molecule has 4 aromatic rings. The molecule has 0 saturated heterocycles. The van der Waals surface area contributed by atoms with Crippen molar-refractivity contribution in [2.45, 2.75) is 66.0 Å². The van der Waals surface area contributed by atoms with Crippen molar-refractivity contribution in [3.8, 4) is 11.6 Å². The predicted molar refractivity (Wildman–Crippen MR) is 154 cm³/mol. The molecule has 2 aliphatic rings. The van der Waals surface area contributed by atoms with Crippen molar-refractivity contribution in [2.75, 3.05) is 0 Å². The van der Waals surface area contributed by atoms with Crippen LogP contribution in [0.25, 0.3) is 15.7 Å². The second kappa shape index (κ2) is 8.49. The fourth-order valence-corrected chi connectivity index (χ4v) is 6.04. The van der Waals surface area contributed by atoms with Crippen molar-refractivity contribution in [1.82, 2.24) is 15.0 Å². The van der Waals surface area contributed by atoms with Crippen LogP contribution in [0, 0.1) is 32.8 Å². The van der Waals surface area contributed by atoms with Gasteiger partial charge in [0.2, 0.25) is 11.8 Å². The van der Waals surface area contributed by atoms with Crippen LogP contribution < -0.4 is 10.3 Å². The smallest absolute Gasteiger partial charge is 0.274 e. The molecule has 3 aromatic heterocycles. The fourth-order valence-electron chi connectivity index (χ4n) is 6.04. The highest BCUT2D eigenvalue weighted by Crippen LogP contribution is 2.60. The van der Waals surface area contributed by atoms with Gasteiger partial charge in [0.05, 0.1) is 6.57 Å². The Hall–Kier alpha value is -4.51. The van der Waals surface area contributed by atoms with Gasteiger partial charge in [0.25, 0.3) is 5.56 Å². The number of pyridine rings is 3. The van der Waals surface area contributed by atoms with Crippen molar-refractivity contribution in [2.24, 2.45) is 10.4 Å². The lowest BCUT2D eigenvalue weighted by Crippen LogP contribution is -2.54. The number of ether oxygens (including phenoxy) is 2. The average molecular weight is 536 g/mol. The van der Waals surface area contributed by atoms with Crippen LogP contribution in [0.15, 0.2) is 52.5 Å². The molecule has 0 radical (unpaired) electrons. The number of rotatable bonds is 3. The first-order chi connectivity index (χ1) is 19.7. The third-order valence-corrected chi connectivity index (χ3v) is 8.09. The predicted octanol–water partition coefficient (Wildman–Crippen LogP) is 6.62. The molecule has 40 heavy (non-hydrogen) atoms. The summed E-state index contributed by atoms with van der Waals surface area (Å²) in [5.74, 6) is 0.806. The Morgan fingerprint density at radius 1 is 1.18 bits per heavy atom. The Balaban J connectivity index is 1.52. The number of nitrogens with one attached hydrogen (secondary N) is 1. The summed E-state index contributed by atoms with van der Waals surface area (Å²) in [5.41, 5.74) is 0.843. The van der Waals surface area contributed by atoms with E-state index in [0.717, 1.165) is 11.3 Å².